The molecule has 0 saturated carbocycles. The molecule has 0 saturated heterocycles. The summed E-state index contributed by atoms with van der Waals surface area (Å²) < 4.78 is 0. The van der Waals surface area contributed by atoms with E-state index in [4.69, 9.17) is 5.73 Å². The van der Waals surface area contributed by atoms with E-state index in [0.29, 0.717) is 17.7 Å². The van der Waals surface area contributed by atoms with E-state index in [1.807, 2.05) is 6.07 Å². The molecule has 0 radical (unpaired) electrons. The fourth-order valence-corrected chi connectivity index (χ4v) is 2.47. The highest BCUT2D eigenvalue weighted by molar-refractivity contribution is 5.98. The Bertz CT molecular complexity index is 890. The van der Waals surface area contributed by atoms with Gasteiger partial charge in [0.05, 0.1) is 5.56 Å². The van der Waals surface area contributed by atoms with Crippen molar-refractivity contribution in [3.05, 3.63) is 58.9 Å². The van der Waals surface area contributed by atoms with Crippen molar-refractivity contribution < 1.29 is 19.2 Å². The molecule has 9 nitrogen and oxygen atoms in total. The number of aromatic nitrogens is 1. The minimum Gasteiger partial charge on any atom is -0.364 e. The lowest BCUT2D eigenvalue weighted by molar-refractivity contribution is -0.119. The summed E-state index contributed by atoms with van der Waals surface area (Å²) in [5.74, 6) is -1.36. The van der Waals surface area contributed by atoms with Crippen LogP contribution in [-0.4, -0.2) is 53.6 Å². The molecular formula is C19H23N5O4. The quantitative estimate of drug-likeness (QED) is 0.517. The number of likely N-dealkylation sites (N-methyl/N-ethyl adjacent to an activating group) is 1. The van der Waals surface area contributed by atoms with E-state index >= 15 is 0 Å². The van der Waals surface area contributed by atoms with Crippen LogP contribution in [0.3, 0.4) is 0 Å². The lowest BCUT2D eigenvalue weighted by Crippen LogP contribution is -2.36. The molecule has 0 aliphatic carbocycles. The van der Waals surface area contributed by atoms with Gasteiger partial charge in [-0.2, -0.15) is 0 Å². The molecule has 0 spiro atoms. The molecule has 148 valence electrons. The first-order chi connectivity index (χ1) is 13.3. The number of nitrogens with zero attached hydrogens (tertiary/aromatic N) is 1. The summed E-state index contributed by atoms with van der Waals surface area (Å²) in [7, 11) is 1.60. The van der Waals surface area contributed by atoms with Crippen LogP contribution in [0.1, 0.15) is 43.7 Å². The number of rotatable bonds is 8. The van der Waals surface area contributed by atoms with Gasteiger partial charge in [-0.1, -0.05) is 12.1 Å². The Balaban J connectivity index is 1.85. The van der Waals surface area contributed by atoms with Crippen LogP contribution in [0, 0.1) is 0 Å². The molecular weight excluding hydrogens is 362 g/mol. The minimum absolute atomic E-state index is 0.145. The second-order valence-electron chi connectivity index (χ2n) is 6.26. The first-order valence-electron chi connectivity index (χ1n) is 8.63. The molecule has 0 aliphatic heterocycles. The summed E-state index contributed by atoms with van der Waals surface area (Å²) in [6.45, 7) is 2.31. The van der Waals surface area contributed by atoms with Gasteiger partial charge in [-0.05, 0) is 23.8 Å². The zero-order valence-electron chi connectivity index (χ0n) is 15.7. The van der Waals surface area contributed by atoms with Crippen LogP contribution in [0.25, 0.3) is 0 Å². The number of amides is 4. The van der Waals surface area contributed by atoms with Crippen LogP contribution < -0.4 is 16.4 Å². The molecule has 0 bridgehead atoms. The maximum atomic E-state index is 12.3. The van der Waals surface area contributed by atoms with Crippen molar-refractivity contribution in [2.24, 2.45) is 5.73 Å². The van der Waals surface area contributed by atoms with Crippen LogP contribution in [0.5, 0.6) is 0 Å². The molecule has 28 heavy (non-hydrogen) atoms. The SMILES string of the molecule is CC(=O)NCc1cccc(C(=O)NCCN(C)C(=O)c2c[nH]c(C(N)=O)c2)c1. The van der Waals surface area contributed by atoms with Gasteiger partial charge in [0.2, 0.25) is 5.91 Å². The predicted octanol–water partition coefficient (Wildman–Crippen LogP) is 0.252. The zero-order valence-corrected chi connectivity index (χ0v) is 15.7. The fraction of sp³-hybridized carbons (Fsp3) is 0.263. The minimum atomic E-state index is -0.644. The van der Waals surface area contributed by atoms with Crippen LogP contribution >= 0.6 is 0 Å². The summed E-state index contributed by atoms with van der Waals surface area (Å²) >= 11 is 0. The molecule has 1 heterocycles. The Kier molecular flexibility index (Phi) is 6.91. The van der Waals surface area contributed by atoms with E-state index in [-0.39, 0.29) is 36.5 Å². The Labute approximate surface area is 162 Å². The van der Waals surface area contributed by atoms with Crippen molar-refractivity contribution in [3.8, 4) is 0 Å². The van der Waals surface area contributed by atoms with E-state index in [0.717, 1.165) is 5.56 Å². The van der Waals surface area contributed by atoms with Crippen LogP contribution in [0.4, 0.5) is 0 Å². The third kappa shape index (κ3) is 5.70. The number of hydrogen-bond donors (Lipinski definition) is 4. The van der Waals surface area contributed by atoms with Crippen molar-refractivity contribution in [2.45, 2.75) is 13.5 Å². The van der Waals surface area contributed by atoms with Crippen LogP contribution in [0.15, 0.2) is 36.5 Å². The summed E-state index contributed by atoms with van der Waals surface area (Å²) in [5, 5.41) is 5.43. The molecule has 2 aromatic rings. The summed E-state index contributed by atoms with van der Waals surface area (Å²) in [5.41, 5.74) is 6.90. The van der Waals surface area contributed by atoms with Crippen molar-refractivity contribution in [1.29, 1.82) is 0 Å². The standard InChI is InChI=1S/C19H23N5O4/c1-12(25)22-10-13-4-3-5-14(8-13)18(27)21-6-7-24(2)19(28)15-9-16(17(20)26)23-11-15/h3-5,8-9,11,23H,6-7,10H2,1-2H3,(H2,20,26)(H,21,27)(H,22,25). The molecule has 0 unspecified atom stereocenters. The number of nitrogens with two attached hydrogens (primary N) is 1. The summed E-state index contributed by atoms with van der Waals surface area (Å²) in [4.78, 5) is 50.7. The molecule has 0 fully saturated rings. The van der Waals surface area contributed by atoms with Gasteiger partial charge in [0.1, 0.15) is 5.69 Å². The first-order valence-corrected chi connectivity index (χ1v) is 8.63. The highest BCUT2D eigenvalue weighted by Crippen LogP contribution is 2.07. The van der Waals surface area contributed by atoms with Gasteiger partial charge in [0.25, 0.3) is 17.7 Å². The second-order valence-corrected chi connectivity index (χ2v) is 6.26. The number of carbonyl (C=O) groups is 4. The number of nitrogens with one attached hydrogen (secondary N) is 3. The molecule has 5 N–H and O–H groups in total. The van der Waals surface area contributed by atoms with Crippen LogP contribution in [0.2, 0.25) is 0 Å². The lowest BCUT2D eigenvalue weighted by atomic mass is 10.1. The monoisotopic (exact) mass is 385 g/mol. The van der Waals surface area contributed by atoms with Crippen molar-refractivity contribution in [3.63, 3.8) is 0 Å². The number of aromatic amines is 1. The van der Waals surface area contributed by atoms with Gasteiger partial charge in [-0.15, -0.1) is 0 Å². The molecule has 4 amide bonds. The van der Waals surface area contributed by atoms with E-state index in [9.17, 15) is 19.2 Å². The van der Waals surface area contributed by atoms with Gasteiger partial charge < -0.3 is 26.3 Å². The zero-order chi connectivity index (χ0) is 20.7. The third-order valence-electron chi connectivity index (χ3n) is 4.01. The first kappa shape index (κ1) is 20.7. The smallest absolute Gasteiger partial charge is 0.265 e. The van der Waals surface area contributed by atoms with E-state index in [2.05, 4.69) is 15.6 Å². The Morgan fingerprint density at radius 2 is 1.86 bits per heavy atom. The second kappa shape index (κ2) is 9.36. The molecule has 1 aromatic heterocycles. The highest BCUT2D eigenvalue weighted by atomic mass is 16.2. The Morgan fingerprint density at radius 3 is 2.50 bits per heavy atom. The van der Waals surface area contributed by atoms with E-state index < -0.39 is 5.91 Å². The fourth-order valence-electron chi connectivity index (χ4n) is 2.47. The van der Waals surface area contributed by atoms with Gasteiger partial charge in [0, 0.05) is 45.4 Å². The number of H-pyrrole nitrogens is 1. The van der Waals surface area contributed by atoms with Crippen molar-refractivity contribution >= 4 is 23.6 Å². The molecule has 1 aromatic carbocycles. The topological polar surface area (TPSA) is 137 Å². The van der Waals surface area contributed by atoms with Gasteiger partial charge in [-0.3, -0.25) is 19.2 Å². The van der Waals surface area contributed by atoms with Crippen molar-refractivity contribution in [2.75, 3.05) is 20.1 Å². The largest absolute Gasteiger partial charge is 0.364 e. The number of carbonyl (C=O) groups excluding carboxylic acids is 4. The van der Waals surface area contributed by atoms with Gasteiger partial charge in [0.15, 0.2) is 0 Å². The molecule has 9 heteroatoms. The van der Waals surface area contributed by atoms with E-state index in [1.165, 1.54) is 24.1 Å². The summed E-state index contributed by atoms with van der Waals surface area (Å²) in [6, 6.07) is 8.32. The van der Waals surface area contributed by atoms with E-state index in [1.54, 1.807) is 25.2 Å². The van der Waals surface area contributed by atoms with Gasteiger partial charge in [-0.25, -0.2) is 0 Å². The Morgan fingerprint density at radius 1 is 1.11 bits per heavy atom. The number of hydrogen-bond acceptors (Lipinski definition) is 4. The third-order valence-corrected chi connectivity index (χ3v) is 4.01. The Hall–Kier alpha value is -3.62. The lowest BCUT2D eigenvalue weighted by Gasteiger charge is -2.17. The van der Waals surface area contributed by atoms with Crippen molar-refractivity contribution in [1.82, 2.24) is 20.5 Å². The maximum absolute atomic E-state index is 12.3. The molecule has 2 rings (SSSR count). The number of benzene rings is 1. The maximum Gasteiger partial charge on any atom is 0.265 e. The average molecular weight is 385 g/mol. The average Bonchev–Trinajstić information content (AvgIpc) is 3.16. The van der Waals surface area contributed by atoms with Crippen LogP contribution in [-0.2, 0) is 11.3 Å². The molecule has 0 atom stereocenters. The van der Waals surface area contributed by atoms with Gasteiger partial charge >= 0.3 is 0 Å². The normalized spacial score (nSPS) is 10.2. The summed E-state index contributed by atoms with van der Waals surface area (Å²) in [6.07, 6.45) is 1.41. The predicted molar refractivity (Wildman–Crippen MR) is 103 cm³/mol. The highest BCUT2D eigenvalue weighted by Gasteiger charge is 2.15. The number of primary amides is 1. The molecule has 0 aliphatic rings.